The molecule has 2 rings (SSSR count). The summed E-state index contributed by atoms with van der Waals surface area (Å²) in [4.78, 5) is 2.17. The third-order valence-electron chi connectivity index (χ3n) is 3.76. The van der Waals surface area contributed by atoms with Crippen LogP contribution in [-0.4, -0.2) is 36.8 Å². The smallest absolute Gasteiger partial charge is 0.123 e. The standard InChI is InChI=1S/C19H24FNO2/c1-23-13-5-12-21(14-16-8-10-18(20)11-9-16)15-19(22)17-6-3-2-4-7-17/h2-4,6-11,19,22H,5,12-15H2,1H3. The number of hydrogen-bond acceptors (Lipinski definition) is 3. The second-order valence-corrected chi connectivity index (χ2v) is 5.63. The first-order valence-electron chi connectivity index (χ1n) is 7.88. The molecular weight excluding hydrogens is 293 g/mol. The van der Waals surface area contributed by atoms with Crippen molar-refractivity contribution in [3.05, 3.63) is 71.5 Å². The average molecular weight is 317 g/mol. The van der Waals surface area contributed by atoms with Gasteiger partial charge in [0.15, 0.2) is 0 Å². The molecule has 0 fully saturated rings. The molecule has 0 amide bonds. The molecule has 0 aromatic heterocycles. The Hall–Kier alpha value is -1.75. The van der Waals surface area contributed by atoms with E-state index in [1.165, 1.54) is 12.1 Å². The van der Waals surface area contributed by atoms with Gasteiger partial charge in [-0.2, -0.15) is 0 Å². The zero-order chi connectivity index (χ0) is 16.5. The molecule has 0 radical (unpaired) electrons. The highest BCUT2D eigenvalue weighted by Crippen LogP contribution is 2.16. The Balaban J connectivity index is 1.99. The van der Waals surface area contributed by atoms with Crippen LogP contribution in [-0.2, 0) is 11.3 Å². The second-order valence-electron chi connectivity index (χ2n) is 5.63. The van der Waals surface area contributed by atoms with Crippen molar-refractivity contribution in [3.63, 3.8) is 0 Å². The molecule has 3 nitrogen and oxygen atoms in total. The van der Waals surface area contributed by atoms with Gasteiger partial charge in [0.1, 0.15) is 5.82 Å². The first kappa shape index (κ1) is 17.6. The van der Waals surface area contributed by atoms with Gasteiger partial charge in [-0.05, 0) is 29.7 Å². The highest BCUT2D eigenvalue weighted by Gasteiger charge is 2.14. The van der Waals surface area contributed by atoms with Gasteiger partial charge in [-0.3, -0.25) is 4.90 Å². The number of ether oxygens (including phenoxy) is 1. The van der Waals surface area contributed by atoms with Crippen LogP contribution in [0.15, 0.2) is 54.6 Å². The minimum atomic E-state index is -0.542. The summed E-state index contributed by atoms with van der Waals surface area (Å²) in [6.45, 7) is 2.70. The second kappa shape index (κ2) is 9.40. The molecule has 0 spiro atoms. The number of methoxy groups -OCH3 is 1. The third-order valence-corrected chi connectivity index (χ3v) is 3.76. The minimum absolute atomic E-state index is 0.232. The molecule has 0 heterocycles. The fraction of sp³-hybridized carbons (Fsp3) is 0.368. The minimum Gasteiger partial charge on any atom is -0.387 e. The molecule has 0 aliphatic carbocycles. The quantitative estimate of drug-likeness (QED) is 0.720. The maximum Gasteiger partial charge on any atom is 0.123 e. The Morgan fingerprint density at radius 1 is 1.09 bits per heavy atom. The first-order chi connectivity index (χ1) is 11.2. The summed E-state index contributed by atoms with van der Waals surface area (Å²) in [7, 11) is 1.68. The molecule has 0 saturated carbocycles. The molecule has 4 heteroatoms. The van der Waals surface area contributed by atoms with E-state index in [1.54, 1.807) is 19.2 Å². The van der Waals surface area contributed by atoms with Crippen molar-refractivity contribution in [2.45, 2.75) is 19.1 Å². The van der Waals surface area contributed by atoms with Crippen molar-refractivity contribution in [2.24, 2.45) is 0 Å². The van der Waals surface area contributed by atoms with Gasteiger partial charge in [0, 0.05) is 33.4 Å². The molecule has 2 aromatic rings. The van der Waals surface area contributed by atoms with Crippen LogP contribution in [0.4, 0.5) is 4.39 Å². The number of benzene rings is 2. The van der Waals surface area contributed by atoms with Crippen LogP contribution < -0.4 is 0 Å². The van der Waals surface area contributed by atoms with Crippen LogP contribution in [0, 0.1) is 5.82 Å². The molecule has 0 bridgehead atoms. The lowest BCUT2D eigenvalue weighted by molar-refractivity contribution is 0.0995. The van der Waals surface area contributed by atoms with E-state index >= 15 is 0 Å². The molecular formula is C19H24FNO2. The molecule has 1 N–H and O–H groups in total. The normalized spacial score (nSPS) is 12.5. The number of nitrogens with zero attached hydrogens (tertiary/aromatic N) is 1. The number of aliphatic hydroxyl groups is 1. The fourth-order valence-electron chi connectivity index (χ4n) is 2.54. The van der Waals surface area contributed by atoms with Gasteiger partial charge in [-0.15, -0.1) is 0 Å². The van der Waals surface area contributed by atoms with E-state index in [1.807, 2.05) is 30.3 Å². The lowest BCUT2D eigenvalue weighted by atomic mass is 10.1. The van der Waals surface area contributed by atoms with E-state index in [0.29, 0.717) is 19.7 Å². The van der Waals surface area contributed by atoms with E-state index in [2.05, 4.69) is 4.90 Å². The molecule has 0 aliphatic heterocycles. The van der Waals surface area contributed by atoms with Crippen molar-refractivity contribution in [1.82, 2.24) is 4.90 Å². The van der Waals surface area contributed by atoms with Gasteiger partial charge in [0.2, 0.25) is 0 Å². The third kappa shape index (κ3) is 6.10. The van der Waals surface area contributed by atoms with E-state index in [-0.39, 0.29) is 5.82 Å². The van der Waals surface area contributed by atoms with Crippen molar-refractivity contribution in [1.29, 1.82) is 0 Å². The van der Waals surface area contributed by atoms with Crippen LogP contribution in [0.3, 0.4) is 0 Å². The van der Waals surface area contributed by atoms with Gasteiger partial charge in [-0.25, -0.2) is 4.39 Å². The highest BCUT2D eigenvalue weighted by molar-refractivity contribution is 5.18. The fourth-order valence-corrected chi connectivity index (χ4v) is 2.54. The maximum absolute atomic E-state index is 13.0. The van der Waals surface area contributed by atoms with Gasteiger partial charge in [-0.1, -0.05) is 42.5 Å². The summed E-state index contributed by atoms with van der Waals surface area (Å²) >= 11 is 0. The number of hydrogen-bond donors (Lipinski definition) is 1. The summed E-state index contributed by atoms with van der Waals surface area (Å²) in [5, 5.41) is 10.4. The Bertz CT molecular complexity index is 559. The lowest BCUT2D eigenvalue weighted by Crippen LogP contribution is -2.30. The summed E-state index contributed by atoms with van der Waals surface area (Å²) in [6, 6.07) is 16.1. The molecule has 0 aliphatic rings. The summed E-state index contributed by atoms with van der Waals surface area (Å²) in [5.74, 6) is -0.232. The SMILES string of the molecule is COCCCN(Cc1ccc(F)cc1)CC(O)c1ccccc1. The van der Waals surface area contributed by atoms with Crippen molar-refractivity contribution >= 4 is 0 Å². The van der Waals surface area contributed by atoms with E-state index in [4.69, 9.17) is 4.74 Å². The molecule has 1 unspecified atom stereocenters. The van der Waals surface area contributed by atoms with E-state index in [0.717, 1.165) is 24.1 Å². The summed E-state index contributed by atoms with van der Waals surface area (Å²) in [6.07, 6.45) is 0.346. The first-order valence-corrected chi connectivity index (χ1v) is 7.88. The van der Waals surface area contributed by atoms with Crippen molar-refractivity contribution in [2.75, 3.05) is 26.8 Å². The number of halogens is 1. The Morgan fingerprint density at radius 3 is 2.43 bits per heavy atom. The van der Waals surface area contributed by atoms with Crippen LogP contribution in [0.25, 0.3) is 0 Å². The largest absolute Gasteiger partial charge is 0.387 e. The van der Waals surface area contributed by atoms with Gasteiger partial charge in [0.05, 0.1) is 6.10 Å². The maximum atomic E-state index is 13.0. The van der Waals surface area contributed by atoms with E-state index in [9.17, 15) is 9.50 Å². The monoisotopic (exact) mass is 317 g/mol. The van der Waals surface area contributed by atoms with Crippen molar-refractivity contribution in [3.8, 4) is 0 Å². The van der Waals surface area contributed by atoms with Crippen LogP contribution in [0.2, 0.25) is 0 Å². The zero-order valence-corrected chi connectivity index (χ0v) is 13.5. The number of aliphatic hydroxyl groups excluding tert-OH is 1. The average Bonchev–Trinajstić information content (AvgIpc) is 2.58. The van der Waals surface area contributed by atoms with Gasteiger partial charge >= 0.3 is 0 Å². The van der Waals surface area contributed by atoms with Gasteiger partial charge < -0.3 is 9.84 Å². The molecule has 2 aromatic carbocycles. The van der Waals surface area contributed by atoms with Gasteiger partial charge in [0.25, 0.3) is 0 Å². The Kier molecular flexibility index (Phi) is 7.20. The highest BCUT2D eigenvalue weighted by atomic mass is 19.1. The summed E-state index contributed by atoms with van der Waals surface area (Å²) < 4.78 is 18.1. The van der Waals surface area contributed by atoms with Crippen LogP contribution in [0.5, 0.6) is 0 Å². The predicted molar refractivity (Wildman–Crippen MR) is 89.6 cm³/mol. The Morgan fingerprint density at radius 2 is 1.78 bits per heavy atom. The summed E-state index contributed by atoms with van der Waals surface area (Å²) in [5.41, 5.74) is 1.94. The molecule has 124 valence electrons. The molecule has 0 saturated heterocycles. The molecule has 23 heavy (non-hydrogen) atoms. The van der Waals surface area contributed by atoms with Crippen LogP contribution in [0.1, 0.15) is 23.7 Å². The predicted octanol–water partition coefficient (Wildman–Crippen LogP) is 3.40. The van der Waals surface area contributed by atoms with E-state index < -0.39 is 6.10 Å². The molecule has 1 atom stereocenters. The van der Waals surface area contributed by atoms with Crippen LogP contribution >= 0.6 is 0 Å². The Labute approximate surface area is 137 Å². The topological polar surface area (TPSA) is 32.7 Å². The lowest BCUT2D eigenvalue weighted by Gasteiger charge is -2.25. The zero-order valence-electron chi connectivity index (χ0n) is 13.5. The van der Waals surface area contributed by atoms with Crippen molar-refractivity contribution < 1.29 is 14.2 Å². The number of rotatable bonds is 9.